The minimum Gasteiger partial charge on any atom is -0.450 e. The highest BCUT2D eigenvalue weighted by atomic mass is 31.1. The van der Waals surface area contributed by atoms with E-state index in [4.69, 9.17) is 9.63 Å². The van der Waals surface area contributed by atoms with Crippen LogP contribution in [-0.4, -0.2) is 41.5 Å². The predicted molar refractivity (Wildman–Crippen MR) is 143 cm³/mol. The summed E-state index contributed by atoms with van der Waals surface area (Å²) in [5.41, 5.74) is 2.21. The zero-order valence-corrected chi connectivity index (χ0v) is 23.2. The minimum atomic E-state index is -2.82. The number of hydrogen-bond donors (Lipinski definition) is 3. The van der Waals surface area contributed by atoms with Crippen molar-refractivity contribution in [3.05, 3.63) is 35.4 Å². The summed E-state index contributed by atoms with van der Waals surface area (Å²) < 4.78 is 20.5. The molecule has 0 aliphatic heterocycles. The number of carbonyl (C=O) groups is 1. The summed E-state index contributed by atoms with van der Waals surface area (Å²) in [6.45, 7) is 8.52. The molecule has 1 rings (SSSR count). The Morgan fingerprint density at radius 2 is 1.46 bits per heavy atom. The normalized spacial score (nSPS) is 12.8. The van der Waals surface area contributed by atoms with Gasteiger partial charge in [0.05, 0.1) is 12.6 Å². The predicted octanol–water partition coefficient (Wildman–Crippen LogP) is 6.86. The van der Waals surface area contributed by atoms with E-state index in [9.17, 15) is 14.5 Å². The average molecular weight is 515 g/mol. The van der Waals surface area contributed by atoms with Crippen LogP contribution >= 0.6 is 8.25 Å². The van der Waals surface area contributed by atoms with Gasteiger partial charge in [-0.3, -0.25) is 0 Å². The summed E-state index contributed by atoms with van der Waals surface area (Å²) in [5, 5.41) is 13.0. The van der Waals surface area contributed by atoms with Crippen molar-refractivity contribution < 1.29 is 28.6 Å². The Kier molecular flexibility index (Phi) is 21.9. The lowest BCUT2D eigenvalue weighted by Crippen LogP contribution is -2.46. The van der Waals surface area contributed by atoms with Gasteiger partial charge in [-0.1, -0.05) is 103 Å². The number of aryl methyl sites for hydroxylation is 1. The number of carbonyl (C=O) groups excluding carboxylic acids is 1. The van der Waals surface area contributed by atoms with Crippen LogP contribution in [0.2, 0.25) is 0 Å². The summed E-state index contributed by atoms with van der Waals surface area (Å²) in [5.74, 6) is 0. The van der Waals surface area contributed by atoms with Gasteiger partial charge in [-0.25, -0.2) is 4.79 Å². The monoisotopic (exact) mass is 514 g/mol. The van der Waals surface area contributed by atoms with Crippen LogP contribution in [0.1, 0.15) is 103 Å². The molecule has 1 aromatic rings. The molecule has 0 radical (unpaired) electrons. The van der Waals surface area contributed by atoms with E-state index in [1.165, 1.54) is 56.9 Å². The Bertz CT molecular complexity index is 654. The standard InChI is InChI=1S/C23H38NO6P.C4H10/c1-3-5-7-8-9-10-11-19-12-14-20(15-13-19)17-21(22(25)18-30-31(27)28)24-23(26)29-16-6-4-2;1-3-4-2/h12-15,21-22,25H,3-11,16-18H2,1-2H3,(H-,24,26,27,28);3-4H2,1-2H3/p+1. The lowest BCUT2D eigenvalue weighted by Gasteiger charge is -2.22. The van der Waals surface area contributed by atoms with Crippen molar-refractivity contribution in [2.24, 2.45) is 0 Å². The number of nitrogens with one attached hydrogen (secondary N) is 1. The Morgan fingerprint density at radius 1 is 0.886 bits per heavy atom. The number of benzene rings is 1. The Morgan fingerprint density at radius 3 is 2.03 bits per heavy atom. The van der Waals surface area contributed by atoms with E-state index < -0.39 is 26.5 Å². The second-order valence-corrected chi connectivity index (χ2v) is 9.61. The van der Waals surface area contributed by atoms with Crippen molar-refractivity contribution in [2.45, 2.75) is 117 Å². The van der Waals surface area contributed by atoms with Gasteiger partial charge in [0, 0.05) is 4.57 Å². The highest BCUT2D eigenvalue weighted by Crippen LogP contribution is 2.17. The third-order valence-corrected chi connectivity index (χ3v) is 6.02. The molecule has 0 spiro atoms. The van der Waals surface area contributed by atoms with Crippen molar-refractivity contribution >= 4 is 14.3 Å². The van der Waals surface area contributed by atoms with E-state index in [0.717, 1.165) is 24.8 Å². The van der Waals surface area contributed by atoms with Crippen LogP contribution in [0.5, 0.6) is 0 Å². The number of aliphatic hydroxyl groups excluding tert-OH is 1. The summed E-state index contributed by atoms with van der Waals surface area (Å²) >= 11 is 0. The number of hydrogen-bond acceptors (Lipinski definition) is 5. The molecule has 3 atom stereocenters. The van der Waals surface area contributed by atoms with Crippen LogP contribution in [-0.2, 0) is 26.7 Å². The number of unbranched alkanes of at least 4 members (excludes halogenated alkanes) is 7. The fraction of sp³-hybridized carbons (Fsp3) is 0.741. The highest BCUT2D eigenvalue weighted by Gasteiger charge is 2.26. The van der Waals surface area contributed by atoms with Crippen LogP contribution < -0.4 is 5.32 Å². The third kappa shape index (κ3) is 19.4. The molecule has 0 saturated heterocycles. The molecule has 0 bridgehead atoms. The van der Waals surface area contributed by atoms with Crippen molar-refractivity contribution in [2.75, 3.05) is 13.2 Å². The van der Waals surface area contributed by atoms with Gasteiger partial charge in [-0.2, -0.15) is 0 Å². The van der Waals surface area contributed by atoms with Crippen LogP contribution in [0.4, 0.5) is 4.79 Å². The first-order chi connectivity index (χ1) is 16.9. The molecule has 0 heterocycles. The van der Waals surface area contributed by atoms with Crippen molar-refractivity contribution in [1.29, 1.82) is 0 Å². The fourth-order valence-electron chi connectivity index (χ4n) is 3.25. The first-order valence-electron chi connectivity index (χ1n) is 13.4. The van der Waals surface area contributed by atoms with E-state index >= 15 is 0 Å². The minimum absolute atomic E-state index is 0.303. The van der Waals surface area contributed by atoms with Gasteiger partial charge in [0.2, 0.25) is 0 Å². The van der Waals surface area contributed by atoms with E-state index in [1.54, 1.807) is 0 Å². The maximum absolute atomic E-state index is 12.0. The number of rotatable bonds is 18. The first-order valence-corrected chi connectivity index (χ1v) is 14.5. The third-order valence-electron chi connectivity index (χ3n) is 5.65. The largest absolute Gasteiger partial charge is 0.694 e. The van der Waals surface area contributed by atoms with Crippen LogP contribution in [0, 0.1) is 0 Å². The zero-order chi connectivity index (χ0) is 26.3. The second kappa shape index (κ2) is 22.9. The highest BCUT2D eigenvalue weighted by molar-refractivity contribution is 7.32. The molecule has 0 fully saturated rings. The lowest BCUT2D eigenvalue weighted by molar-refractivity contribution is 0.0657. The van der Waals surface area contributed by atoms with Crippen LogP contribution in [0.25, 0.3) is 0 Å². The molecule has 8 heteroatoms. The SMILES string of the molecule is CCCC.CCCCCCCCc1ccc(CC(NC(=O)OCCCC)C(O)CO[P+](=O)O)cc1. The topological polar surface area (TPSA) is 105 Å². The average Bonchev–Trinajstić information content (AvgIpc) is 2.85. The fourth-order valence-corrected chi connectivity index (χ4v) is 3.53. The molecular formula is C27H49NO6P+. The van der Waals surface area contributed by atoms with Gasteiger partial charge >= 0.3 is 14.3 Å². The molecule has 1 amide bonds. The molecule has 35 heavy (non-hydrogen) atoms. The summed E-state index contributed by atoms with van der Waals surface area (Å²) in [6.07, 6.45) is 11.5. The molecule has 3 N–H and O–H groups in total. The maximum Gasteiger partial charge on any atom is 0.694 e. The molecule has 7 nitrogen and oxygen atoms in total. The van der Waals surface area contributed by atoms with Gasteiger partial charge in [0.25, 0.3) is 0 Å². The molecule has 202 valence electrons. The number of aliphatic hydroxyl groups is 1. The van der Waals surface area contributed by atoms with E-state index in [-0.39, 0.29) is 6.61 Å². The number of ether oxygens (including phenoxy) is 1. The Labute approximate surface area is 214 Å². The smallest absolute Gasteiger partial charge is 0.450 e. The molecule has 0 aromatic heterocycles. The van der Waals surface area contributed by atoms with Crippen LogP contribution in [0.3, 0.4) is 0 Å². The van der Waals surface area contributed by atoms with E-state index in [1.807, 2.05) is 19.1 Å². The Hall–Kier alpha value is -1.53. The Balaban J connectivity index is 0.00000267. The molecular weight excluding hydrogens is 465 g/mol. The first kappa shape index (κ1) is 33.5. The van der Waals surface area contributed by atoms with Crippen molar-refractivity contribution in [1.82, 2.24) is 5.32 Å². The van der Waals surface area contributed by atoms with Crippen LogP contribution in [0.15, 0.2) is 24.3 Å². The number of amides is 1. The zero-order valence-electron chi connectivity index (χ0n) is 22.3. The van der Waals surface area contributed by atoms with Gasteiger partial charge in [0.1, 0.15) is 12.7 Å². The molecule has 0 aliphatic rings. The summed E-state index contributed by atoms with van der Waals surface area (Å²) in [7, 11) is -2.82. The van der Waals surface area contributed by atoms with Crippen molar-refractivity contribution in [3.8, 4) is 0 Å². The van der Waals surface area contributed by atoms with Gasteiger partial charge in [-0.15, -0.1) is 9.42 Å². The number of alkyl carbamates (subject to hydrolysis) is 1. The lowest BCUT2D eigenvalue weighted by atomic mass is 9.99. The molecule has 1 aromatic carbocycles. The molecule has 0 aliphatic carbocycles. The molecule has 0 saturated carbocycles. The quantitative estimate of drug-likeness (QED) is 0.146. The van der Waals surface area contributed by atoms with Gasteiger partial charge in [0.15, 0.2) is 0 Å². The summed E-state index contributed by atoms with van der Waals surface area (Å²) in [4.78, 5) is 20.9. The van der Waals surface area contributed by atoms with Gasteiger partial charge < -0.3 is 15.2 Å². The summed E-state index contributed by atoms with van der Waals surface area (Å²) in [6, 6.07) is 7.43. The second-order valence-electron chi connectivity index (χ2n) is 8.88. The van der Waals surface area contributed by atoms with E-state index in [0.29, 0.717) is 13.0 Å². The van der Waals surface area contributed by atoms with Crippen molar-refractivity contribution in [3.63, 3.8) is 0 Å². The molecule has 3 unspecified atom stereocenters. The van der Waals surface area contributed by atoms with E-state index in [2.05, 4.69) is 42.7 Å². The van der Waals surface area contributed by atoms with Gasteiger partial charge in [-0.05, 0) is 36.8 Å². The maximum atomic E-state index is 12.0.